The summed E-state index contributed by atoms with van der Waals surface area (Å²) in [6.45, 7) is 0. The number of nitrogens with zero attached hydrogens (tertiary/aromatic N) is 3. The SMILES string of the molecule is N#Cc1cccc(-c2nc(N)c(C(=O)O)c(Cl)n2)c1. The summed E-state index contributed by atoms with van der Waals surface area (Å²) in [6.07, 6.45) is 0. The van der Waals surface area contributed by atoms with Gasteiger partial charge in [-0.15, -0.1) is 0 Å². The molecule has 0 aliphatic carbocycles. The quantitative estimate of drug-likeness (QED) is 0.809. The lowest BCUT2D eigenvalue weighted by Crippen LogP contribution is -2.08. The summed E-state index contributed by atoms with van der Waals surface area (Å²) in [5.41, 5.74) is 6.18. The molecule has 0 saturated heterocycles. The van der Waals surface area contributed by atoms with Gasteiger partial charge in [-0.2, -0.15) is 5.26 Å². The van der Waals surface area contributed by atoms with Gasteiger partial charge >= 0.3 is 5.97 Å². The second-order valence-corrected chi connectivity index (χ2v) is 3.95. The van der Waals surface area contributed by atoms with Crippen LogP contribution >= 0.6 is 11.6 Å². The van der Waals surface area contributed by atoms with E-state index in [1.165, 1.54) is 0 Å². The van der Waals surface area contributed by atoms with Crippen molar-refractivity contribution in [2.75, 3.05) is 5.73 Å². The third kappa shape index (κ3) is 2.46. The number of nitrogens with two attached hydrogens (primary N) is 1. The number of anilines is 1. The molecule has 0 bridgehead atoms. The van der Waals surface area contributed by atoms with E-state index in [4.69, 9.17) is 27.7 Å². The highest BCUT2D eigenvalue weighted by atomic mass is 35.5. The molecule has 19 heavy (non-hydrogen) atoms. The largest absolute Gasteiger partial charge is 0.477 e. The van der Waals surface area contributed by atoms with Crippen LogP contribution in [-0.2, 0) is 0 Å². The molecule has 7 heteroatoms. The maximum Gasteiger partial charge on any atom is 0.342 e. The van der Waals surface area contributed by atoms with Crippen molar-refractivity contribution in [1.82, 2.24) is 9.97 Å². The van der Waals surface area contributed by atoms with Crippen molar-refractivity contribution in [3.8, 4) is 17.5 Å². The molecule has 1 aromatic carbocycles. The minimum atomic E-state index is -1.29. The molecule has 0 saturated carbocycles. The summed E-state index contributed by atoms with van der Waals surface area (Å²) < 4.78 is 0. The van der Waals surface area contributed by atoms with Crippen LogP contribution < -0.4 is 5.73 Å². The Morgan fingerprint density at radius 3 is 2.74 bits per heavy atom. The first kappa shape index (κ1) is 12.8. The average Bonchev–Trinajstić information content (AvgIpc) is 2.37. The van der Waals surface area contributed by atoms with E-state index in [1.807, 2.05) is 6.07 Å². The molecule has 3 N–H and O–H groups in total. The number of nitriles is 1. The Balaban J connectivity index is 2.59. The minimum absolute atomic E-state index is 0.171. The number of benzene rings is 1. The smallest absolute Gasteiger partial charge is 0.342 e. The number of aromatic nitrogens is 2. The van der Waals surface area contributed by atoms with E-state index in [0.717, 1.165) is 0 Å². The Bertz CT molecular complexity index is 686. The molecule has 94 valence electrons. The summed E-state index contributed by atoms with van der Waals surface area (Å²) in [5.74, 6) is -1.34. The third-order valence-corrected chi connectivity index (χ3v) is 2.63. The molecule has 0 aliphatic heterocycles. The monoisotopic (exact) mass is 274 g/mol. The summed E-state index contributed by atoms with van der Waals surface area (Å²) >= 11 is 5.78. The molecule has 0 aliphatic rings. The summed E-state index contributed by atoms with van der Waals surface area (Å²) in [4.78, 5) is 18.7. The van der Waals surface area contributed by atoms with Gasteiger partial charge in [0.05, 0.1) is 11.6 Å². The first-order valence-electron chi connectivity index (χ1n) is 5.09. The van der Waals surface area contributed by atoms with Gasteiger partial charge in [0.1, 0.15) is 16.5 Å². The van der Waals surface area contributed by atoms with E-state index in [1.54, 1.807) is 24.3 Å². The Labute approximate surface area is 113 Å². The fourth-order valence-electron chi connectivity index (χ4n) is 1.50. The Hall–Kier alpha value is -2.65. The van der Waals surface area contributed by atoms with Crippen molar-refractivity contribution < 1.29 is 9.90 Å². The van der Waals surface area contributed by atoms with Crippen LogP contribution in [0, 0.1) is 11.3 Å². The van der Waals surface area contributed by atoms with Crippen LogP contribution in [0.25, 0.3) is 11.4 Å². The lowest BCUT2D eigenvalue weighted by atomic mass is 10.1. The molecular formula is C12H7ClN4O2. The molecule has 0 fully saturated rings. The Morgan fingerprint density at radius 2 is 2.16 bits per heavy atom. The number of halogens is 1. The van der Waals surface area contributed by atoms with Crippen molar-refractivity contribution in [3.05, 3.63) is 40.5 Å². The number of hydrogen-bond acceptors (Lipinski definition) is 5. The second-order valence-electron chi connectivity index (χ2n) is 3.60. The molecule has 1 aromatic heterocycles. The highest BCUT2D eigenvalue weighted by Gasteiger charge is 2.18. The molecule has 2 rings (SSSR count). The second kappa shape index (κ2) is 4.92. The summed E-state index contributed by atoms with van der Waals surface area (Å²) in [6, 6.07) is 8.50. The predicted octanol–water partition coefficient (Wildman–Crippen LogP) is 1.95. The third-order valence-electron chi connectivity index (χ3n) is 2.36. The van der Waals surface area contributed by atoms with E-state index >= 15 is 0 Å². The Kier molecular flexibility index (Phi) is 3.31. The van der Waals surface area contributed by atoms with Crippen molar-refractivity contribution in [1.29, 1.82) is 5.26 Å². The fourth-order valence-corrected chi connectivity index (χ4v) is 1.76. The molecule has 0 radical (unpaired) electrons. The lowest BCUT2D eigenvalue weighted by molar-refractivity contribution is 0.0697. The minimum Gasteiger partial charge on any atom is -0.477 e. The molecule has 0 atom stereocenters. The van der Waals surface area contributed by atoms with Crippen molar-refractivity contribution in [2.24, 2.45) is 0 Å². The highest BCUT2D eigenvalue weighted by molar-refractivity contribution is 6.33. The van der Waals surface area contributed by atoms with E-state index in [0.29, 0.717) is 11.1 Å². The van der Waals surface area contributed by atoms with Gasteiger partial charge in [0.25, 0.3) is 0 Å². The van der Waals surface area contributed by atoms with Crippen LogP contribution in [0.1, 0.15) is 15.9 Å². The summed E-state index contributed by atoms with van der Waals surface area (Å²) in [5, 5.41) is 17.5. The lowest BCUT2D eigenvalue weighted by Gasteiger charge is -2.06. The van der Waals surface area contributed by atoms with Crippen LogP contribution in [0.2, 0.25) is 5.15 Å². The van der Waals surface area contributed by atoms with Gasteiger partial charge in [0.15, 0.2) is 5.82 Å². The van der Waals surface area contributed by atoms with Gasteiger partial charge in [-0.25, -0.2) is 14.8 Å². The zero-order valence-corrected chi connectivity index (χ0v) is 10.2. The van der Waals surface area contributed by atoms with Crippen molar-refractivity contribution in [2.45, 2.75) is 0 Å². The zero-order chi connectivity index (χ0) is 14.0. The van der Waals surface area contributed by atoms with E-state index < -0.39 is 5.97 Å². The maximum atomic E-state index is 10.9. The molecule has 0 amide bonds. The van der Waals surface area contributed by atoms with Crippen molar-refractivity contribution in [3.63, 3.8) is 0 Å². The molecule has 1 heterocycles. The molecule has 2 aromatic rings. The van der Waals surface area contributed by atoms with Crippen molar-refractivity contribution >= 4 is 23.4 Å². The standard InChI is InChI=1S/C12H7ClN4O2/c13-9-8(12(18)19)10(15)17-11(16-9)7-3-1-2-6(4-7)5-14/h1-4H,(H,18,19)(H2,15,16,17). The van der Waals surface area contributed by atoms with E-state index in [2.05, 4.69) is 9.97 Å². The molecule has 0 unspecified atom stereocenters. The van der Waals surface area contributed by atoms with Crippen LogP contribution in [0.5, 0.6) is 0 Å². The number of carboxylic acid groups (broad SMARTS) is 1. The number of carboxylic acids is 1. The van der Waals surface area contributed by atoms with Gasteiger partial charge in [-0.05, 0) is 12.1 Å². The van der Waals surface area contributed by atoms with Crippen LogP contribution in [-0.4, -0.2) is 21.0 Å². The number of carbonyl (C=O) groups is 1. The number of aromatic carboxylic acids is 1. The number of rotatable bonds is 2. The number of hydrogen-bond donors (Lipinski definition) is 2. The maximum absolute atomic E-state index is 10.9. The van der Waals surface area contributed by atoms with Crippen LogP contribution in [0.4, 0.5) is 5.82 Å². The van der Waals surface area contributed by atoms with Gasteiger partial charge < -0.3 is 10.8 Å². The van der Waals surface area contributed by atoms with Gasteiger partial charge in [-0.3, -0.25) is 0 Å². The molecule has 0 spiro atoms. The first-order valence-corrected chi connectivity index (χ1v) is 5.47. The topological polar surface area (TPSA) is 113 Å². The van der Waals surface area contributed by atoms with Crippen LogP contribution in [0.15, 0.2) is 24.3 Å². The highest BCUT2D eigenvalue weighted by Crippen LogP contribution is 2.24. The fraction of sp³-hybridized carbons (Fsp3) is 0. The van der Waals surface area contributed by atoms with Gasteiger partial charge in [-0.1, -0.05) is 23.7 Å². The molecular weight excluding hydrogens is 268 g/mol. The van der Waals surface area contributed by atoms with Gasteiger partial charge in [0, 0.05) is 5.56 Å². The van der Waals surface area contributed by atoms with E-state index in [9.17, 15) is 4.79 Å². The van der Waals surface area contributed by atoms with E-state index in [-0.39, 0.29) is 22.4 Å². The summed E-state index contributed by atoms with van der Waals surface area (Å²) in [7, 11) is 0. The van der Waals surface area contributed by atoms with Crippen LogP contribution in [0.3, 0.4) is 0 Å². The number of nitrogen functional groups attached to an aromatic ring is 1. The van der Waals surface area contributed by atoms with Gasteiger partial charge in [0.2, 0.25) is 0 Å². The Morgan fingerprint density at radius 1 is 1.42 bits per heavy atom. The zero-order valence-electron chi connectivity index (χ0n) is 9.46. The predicted molar refractivity (Wildman–Crippen MR) is 68.6 cm³/mol. The normalized spacial score (nSPS) is 9.89. The molecule has 6 nitrogen and oxygen atoms in total. The first-order chi connectivity index (χ1) is 9.02. The average molecular weight is 275 g/mol.